The molecule has 1 aliphatic rings. The molecule has 1 aliphatic heterocycles. The van der Waals surface area contributed by atoms with Crippen molar-refractivity contribution in [3.8, 4) is 11.4 Å². The van der Waals surface area contributed by atoms with Crippen molar-refractivity contribution in [2.75, 3.05) is 25.0 Å². The monoisotopic (exact) mass is 559 g/mol. The van der Waals surface area contributed by atoms with Crippen molar-refractivity contribution in [1.82, 2.24) is 39.6 Å². The number of benzene rings is 2. The molecule has 12 nitrogen and oxygen atoms in total. The van der Waals surface area contributed by atoms with Gasteiger partial charge < -0.3 is 20.3 Å². The Bertz CT molecular complexity index is 1700. The number of carbonyl (C=O) groups is 2. The Balaban J connectivity index is 1.32. The molecule has 6 rings (SSSR count). The first-order chi connectivity index (χ1) is 19.5. The van der Waals surface area contributed by atoms with Crippen molar-refractivity contribution in [3.63, 3.8) is 0 Å². The van der Waals surface area contributed by atoms with Crippen molar-refractivity contribution < 1.29 is 14.3 Å². The van der Waals surface area contributed by atoms with E-state index >= 15 is 0 Å². The first-order valence-electron chi connectivity index (χ1n) is 12.9. The summed E-state index contributed by atoms with van der Waals surface area (Å²) in [6.45, 7) is 3.50. The van der Waals surface area contributed by atoms with Crippen LogP contribution in [-0.2, 0) is 22.7 Å². The Labute approximate surface area is 233 Å². The number of hydrogen-bond acceptors (Lipinski definition) is 8. The van der Waals surface area contributed by atoms with Gasteiger partial charge in [-0.2, -0.15) is 9.61 Å². The smallest absolute Gasteiger partial charge is 0.410 e. The number of para-hydroxylation sites is 1. The van der Waals surface area contributed by atoms with Crippen LogP contribution in [0.1, 0.15) is 12.5 Å². The summed E-state index contributed by atoms with van der Waals surface area (Å²) in [5.41, 5.74) is 2.64. The van der Waals surface area contributed by atoms with Crippen LogP contribution in [0.4, 0.5) is 10.7 Å². The lowest BCUT2D eigenvalue weighted by molar-refractivity contribution is -0.121. The maximum Gasteiger partial charge on any atom is 0.410 e. The van der Waals surface area contributed by atoms with Crippen LogP contribution in [0.25, 0.3) is 27.9 Å². The van der Waals surface area contributed by atoms with Gasteiger partial charge in [0.05, 0.1) is 28.8 Å². The second-order valence-electron chi connectivity index (χ2n) is 9.30. The summed E-state index contributed by atoms with van der Waals surface area (Å²) in [5, 5.41) is 16.2. The maximum absolute atomic E-state index is 13.0. The fourth-order valence-corrected chi connectivity index (χ4v) is 4.76. The van der Waals surface area contributed by atoms with E-state index in [9.17, 15) is 9.59 Å². The lowest BCUT2D eigenvalue weighted by atomic mass is 10.2. The lowest BCUT2D eigenvalue weighted by Gasteiger charge is -2.23. The minimum absolute atomic E-state index is 0.0635. The molecule has 0 saturated carbocycles. The molecule has 2 amide bonds. The molecule has 13 heteroatoms. The number of fused-ring (bicyclic) bond motifs is 3. The Morgan fingerprint density at radius 3 is 2.83 bits per heavy atom. The second kappa shape index (κ2) is 10.8. The minimum atomic E-state index is -0.835. The number of rotatable bonds is 6. The lowest BCUT2D eigenvalue weighted by Crippen LogP contribution is -2.44. The molecule has 1 saturated heterocycles. The van der Waals surface area contributed by atoms with Gasteiger partial charge in [0.1, 0.15) is 12.6 Å². The zero-order chi connectivity index (χ0) is 27.6. The van der Waals surface area contributed by atoms with Crippen molar-refractivity contribution in [2.45, 2.75) is 26.1 Å². The second-order valence-corrected chi connectivity index (χ2v) is 9.71. The Kier molecular flexibility index (Phi) is 6.91. The van der Waals surface area contributed by atoms with E-state index in [0.29, 0.717) is 47.0 Å². The van der Waals surface area contributed by atoms with E-state index in [-0.39, 0.29) is 25.0 Å². The van der Waals surface area contributed by atoms with E-state index < -0.39 is 12.1 Å². The summed E-state index contributed by atoms with van der Waals surface area (Å²) in [4.78, 5) is 36.9. The number of carbonyl (C=O) groups excluding carboxylic acids is 2. The average molecular weight is 560 g/mol. The van der Waals surface area contributed by atoms with Gasteiger partial charge in [-0.15, -0.1) is 5.10 Å². The van der Waals surface area contributed by atoms with Gasteiger partial charge in [0.15, 0.2) is 11.5 Å². The number of hydrogen-bond donors (Lipinski definition) is 2. The normalized spacial score (nSPS) is 15.7. The summed E-state index contributed by atoms with van der Waals surface area (Å²) in [6, 6.07) is 14.0. The van der Waals surface area contributed by atoms with E-state index in [1.807, 2.05) is 55.6 Å². The van der Waals surface area contributed by atoms with Crippen molar-refractivity contribution >= 4 is 46.1 Å². The molecule has 0 bridgehead atoms. The number of nitrogens with one attached hydrogen (secondary N) is 2. The van der Waals surface area contributed by atoms with Gasteiger partial charge in [0.25, 0.3) is 0 Å². The molecule has 5 aromatic rings. The van der Waals surface area contributed by atoms with E-state index in [4.69, 9.17) is 26.3 Å². The molecule has 2 N–H and O–H groups in total. The molecule has 0 unspecified atom stereocenters. The number of aromatic nitrogens is 6. The Hall–Kier alpha value is -4.71. The predicted molar refractivity (Wildman–Crippen MR) is 149 cm³/mol. The highest BCUT2D eigenvalue weighted by Gasteiger charge is 2.30. The zero-order valence-electron chi connectivity index (χ0n) is 21.6. The highest BCUT2D eigenvalue weighted by atomic mass is 35.5. The molecule has 0 spiro atoms. The van der Waals surface area contributed by atoms with Gasteiger partial charge in [-0.05, 0) is 24.6 Å². The number of ether oxygens (including phenoxy) is 1. The van der Waals surface area contributed by atoms with Crippen LogP contribution in [0.5, 0.6) is 0 Å². The number of aryl methyl sites for hydroxylation is 1. The molecule has 40 heavy (non-hydrogen) atoms. The van der Waals surface area contributed by atoms with Gasteiger partial charge in [0, 0.05) is 31.2 Å². The third kappa shape index (κ3) is 5.00. The van der Waals surface area contributed by atoms with Crippen LogP contribution in [-0.4, -0.2) is 71.9 Å². The number of halogens is 1. The van der Waals surface area contributed by atoms with E-state index in [2.05, 4.69) is 20.8 Å². The first-order valence-corrected chi connectivity index (χ1v) is 13.3. The third-order valence-electron chi connectivity index (χ3n) is 6.64. The minimum Gasteiger partial charge on any atom is -0.445 e. The summed E-state index contributed by atoms with van der Waals surface area (Å²) in [5.74, 6) is 0.433. The van der Waals surface area contributed by atoms with Gasteiger partial charge >= 0.3 is 6.09 Å². The van der Waals surface area contributed by atoms with Crippen LogP contribution in [0.15, 0.2) is 60.9 Å². The molecule has 3 aromatic heterocycles. The van der Waals surface area contributed by atoms with E-state index in [1.54, 1.807) is 21.5 Å². The quantitative estimate of drug-likeness (QED) is 0.324. The summed E-state index contributed by atoms with van der Waals surface area (Å²) in [6.07, 6.45) is 3.05. The molecule has 4 heterocycles. The fourth-order valence-electron chi connectivity index (χ4n) is 4.54. The van der Waals surface area contributed by atoms with Gasteiger partial charge in [0.2, 0.25) is 11.9 Å². The third-order valence-corrected chi connectivity index (χ3v) is 6.94. The van der Waals surface area contributed by atoms with Crippen LogP contribution < -0.4 is 10.6 Å². The Morgan fingerprint density at radius 2 is 2.02 bits per heavy atom. The fraction of sp³-hybridized carbons (Fsp3) is 0.259. The average Bonchev–Trinajstić information content (AvgIpc) is 3.60. The van der Waals surface area contributed by atoms with Crippen LogP contribution in [0.2, 0.25) is 5.02 Å². The zero-order valence-corrected chi connectivity index (χ0v) is 22.4. The highest BCUT2D eigenvalue weighted by Crippen LogP contribution is 2.28. The number of nitrogens with zero attached hydrogens (tertiary/aromatic N) is 7. The topological polar surface area (TPSA) is 132 Å². The van der Waals surface area contributed by atoms with E-state index in [1.165, 1.54) is 4.90 Å². The van der Waals surface area contributed by atoms with Gasteiger partial charge in [-0.1, -0.05) is 48.0 Å². The SMILES string of the molecule is CCn1cc(-c2nc3c4cccc(Cl)c4nc(N[C@@H]4CN(C(=O)OCc5ccccc5)CCNC4=O)n3n2)cn1. The molecule has 204 valence electrons. The number of amides is 2. The molecule has 1 fully saturated rings. The summed E-state index contributed by atoms with van der Waals surface area (Å²) >= 11 is 6.51. The molecule has 0 radical (unpaired) electrons. The van der Waals surface area contributed by atoms with Crippen molar-refractivity contribution in [3.05, 3.63) is 71.5 Å². The van der Waals surface area contributed by atoms with Crippen LogP contribution in [0.3, 0.4) is 0 Å². The highest BCUT2D eigenvalue weighted by molar-refractivity contribution is 6.35. The summed E-state index contributed by atoms with van der Waals surface area (Å²) in [7, 11) is 0. The summed E-state index contributed by atoms with van der Waals surface area (Å²) < 4.78 is 8.85. The predicted octanol–water partition coefficient (Wildman–Crippen LogP) is 3.36. The Morgan fingerprint density at radius 1 is 1.18 bits per heavy atom. The molecular formula is C27H26ClN9O3. The van der Waals surface area contributed by atoms with Crippen molar-refractivity contribution in [1.29, 1.82) is 0 Å². The van der Waals surface area contributed by atoms with Gasteiger partial charge in [-0.3, -0.25) is 9.48 Å². The molecule has 2 aromatic carbocycles. The van der Waals surface area contributed by atoms with Gasteiger partial charge in [-0.25, -0.2) is 14.8 Å². The maximum atomic E-state index is 13.0. The molecule has 0 aliphatic carbocycles. The first kappa shape index (κ1) is 25.6. The number of anilines is 1. The molecule has 1 atom stereocenters. The van der Waals surface area contributed by atoms with E-state index in [0.717, 1.165) is 11.1 Å². The van der Waals surface area contributed by atoms with Crippen LogP contribution in [0, 0.1) is 0 Å². The molecular weight excluding hydrogens is 534 g/mol. The largest absolute Gasteiger partial charge is 0.445 e. The standard InChI is InChI=1S/C27H26ClN9O3/c1-2-36-14-18(13-30-36)23-33-24-19-9-6-10-20(28)22(19)32-26(37(24)34-23)31-21-15-35(12-11-29-25(21)38)27(39)40-16-17-7-4-3-5-8-17/h3-10,13-14,21H,2,11-12,15-16H2,1H3,(H,29,38)(H,31,32)/t21-/m1/s1. The van der Waals surface area contributed by atoms with Crippen molar-refractivity contribution in [2.24, 2.45) is 0 Å². The van der Waals surface area contributed by atoms with Crippen LogP contribution >= 0.6 is 11.6 Å².